The maximum absolute atomic E-state index is 3.74. The zero-order chi connectivity index (χ0) is 4.28. The molecule has 0 aliphatic heterocycles. The highest BCUT2D eigenvalue weighted by Crippen LogP contribution is 2.00. The molecule has 0 rings (SSSR count). The lowest BCUT2D eigenvalue weighted by Gasteiger charge is -1.86. The van der Waals surface area contributed by atoms with Crippen LogP contribution < -0.4 is 0 Å². The van der Waals surface area contributed by atoms with Crippen LogP contribution in [0.25, 0.3) is 0 Å². The van der Waals surface area contributed by atoms with Crippen molar-refractivity contribution in [2.75, 3.05) is 4.43 Å². The predicted molar refractivity (Wildman–Crippen MR) is 42.1 cm³/mol. The largest absolute Gasteiger partial charge is 0.0852 e. The fourth-order valence-electron chi connectivity index (χ4n) is 0. The lowest BCUT2D eigenvalue weighted by molar-refractivity contribution is 1.36. The first-order valence-corrected chi connectivity index (χ1v) is 4.07. The first kappa shape index (κ1) is 6.46. The molecule has 5 heavy (non-hydrogen) atoms. The van der Waals surface area contributed by atoms with Gasteiger partial charge in [-0.3, -0.25) is 0 Å². The minimum Gasteiger partial charge on any atom is -0.0852 e. The Hall–Kier alpha value is 1.46. The van der Waals surface area contributed by atoms with E-state index in [9.17, 15) is 0 Å². The first-order valence-electron chi connectivity index (χ1n) is 1.30. The molecule has 0 saturated heterocycles. The number of halogens is 2. The summed E-state index contributed by atoms with van der Waals surface area (Å²) < 4.78 is 1.74. The van der Waals surface area contributed by atoms with Crippen LogP contribution in [0.1, 0.15) is 0 Å². The van der Waals surface area contributed by atoms with Crippen molar-refractivity contribution in [1.82, 2.24) is 0 Å². The Morgan fingerprint density at radius 3 is 2.00 bits per heavy atom. The summed E-state index contributed by atoms with van der Waals surface area (Å²) >= 11 is 4.60. The van der Waals surface area contributed by atoms with Crippen molar-refractivity contribution < 1.29 is 0 Å². The number of alkyl halides is 2. The number of hydrogen-bond acceptors (Lipinski definition) is 0. The highest BCUT2D eigenvalue weighted by atomic mass is 127. The summed E-state index contributed by atoms with van der Waals surface area (Å²) in [6.45, 7) is 3.74. The van der Waals surface area contributed by atoms with E-state index >= 15 is 0 Å². The predicted octanol–water partition coefficient (Wildman–Crippen LogP) is 2.06. The Morgan fingerprint density at radius 1 is 1.80 bits per heavy atom. The molecule has 2 heteroatoms. The molecule has 0 aromatic heterocycles. The average Bonchev–Trinajstić information content (AvgIpc) is 1.38. The summed E-state index contributed by atoms with van der Waals surface area (Å²) in [7, 11) is 0. The molecule has 0 aliphatic rings. The van der Waals surface area contributed by atoms with E-state index in [0.717, 1.165) is 4.43 Å². The van der Waals surface area contributed by atoms with Crippen LogP contribution in [0.5, 0.6) is 0 Å². The van der Waals surface area contributed by atoms with E-state index in [1.54, 1.807) is 0 Å². The van der Waals surface area contributed by atoms with Gasteiger partial charge < -0.3 is 0 Å². The minimum absolute atomic E-state index is 0.591. The van der Waals surface area contributed by atoms with Crippen LogP contribution in [0, 0.1) is 6.92 Å². The van der Waals surface area contributed by atoms with Crippen molar-refractivity contribution in [2.24, 2.45) is 0 Å². The molecular formula is C3H5I2. The molecule has 1 atom stereocenters. The van der Waals surface area contributed by atoms with Crippen LogP contribution in [0.2, 0.25) is 0 Å². The van der Waals surface area contributed by atoms with Crippen LogP contribution in [0.3, 0.4) is 0 Å². The highest BCUT2D eigenvalue weighted by Gasteiger charge is 1.84. The lowest BCUT2D eigenvalue weighted by atomic mass is 10.6. The van der Waals surface area contributed by atoms with E-state index in [2.05, 4.69) is 52.1 Å². The van der Waals surface area contributed by atoms with Gasteiger partial charge in [0.2, 0.25) is 0 Å². The molecule has 0 N–H and O–H groups in total. The fourth-order valence-corrected chi connectivity index (χ4v) is 0. The summed E-state index contributed by atoms with van der Waals surface area (Å²) in [4.78, 5) is 0. The van der Waals surface area contributed by atoms with Gasteiger partial charge in [0.15, 0.2) is 0 Å². The van der Waals surface area contributed by atoms with Gasteiger partial charge in [0.1, 0.15) is 0 Å². The zero-order valence-electron chi connectivity index (χ0n) is 2.75. The Labute approximate surface area is 60.0 Å². The monoisotopic (exact) mass is 295 g/mol. The average molecular weight is 295 g/mol. The van der Waals surface area contributed by atoms with Crippen molar-refractivity contribution in [3.63, 3.8) is 0 Å². The smallest absolute Gasteiger partial charge is 0.0200 e. The van der Waals surface area contributed by atoms with Crippen LogP contribution in [0.4, 0.5) is 0 Å². The van der Waals surface area contributed by atoms with Gasteiger partial charge in [0.05, 0.1) is 0 Å². The third-order valence-electron chi connectivity index (χ3n) is 0.167. The topological polar surface area (TPSA) is 0 Å². The molecule has 1 unspecified atom stereocenters. The molecule has 1 radical (unpaired) electrons. The van der Waals surface area contributed by atoms with Crippen LogP contribution in [-0.2, 0) is 0 Å². The van der Waals surface area contributed by atoms with E-state index in [-0.39, 0.29) is 0 Å². The summed E-state index contributed by atoms with van der Waals surface area (Å²) in [5.74, 6) is 0. The van der Waals surface area contributed by atoms with Crippen molar-refractivity contribution in [3.05, 3.63) is 6.92 Å². The van der Waals surface area contributed by atoms with Crippen molar-refractivity contribution in [2.45, 2.75) is 3.92 Å². The maximum atomic E-state index is 3.74. The van der Waals surface area contributed by atoms with Crippen LogP contribution in [0.15, 0.2) is 0 Å². The highest BCUT2D eigenvalue weighted by molar-refractivity contribution is 14.1. The van der Waals surface area contributed by atoms with Gasteiger partial charge in [-0.1, -0.05) is 45.2 Å². The Balaban J connectivity index is 2.54. The zero-order valence-corrected chi connectivity index (χ0v) is 7.06. The van der Waals surface area contributed by atoms with Crippen molar-refractivity contribution >= 4 is 45.2 Å². The number of hydrogen-bond donors (Lipinski definition) is 0. The van der Waals surface area contributed by atoms with E-state index in [1.807, 2.05) is 0 Å². The van der Waals surface area contributed by atoms with Gasteiger partial charge >= 0.3 is 0 Å². The molecule has 0 aromatic rings. The second-order valence-corrected chi connectivity index (χ2v) is 3.39. The van der Waals surface area contributed by atoms with Crippen LogP contribution in [-0.4, -0.2) is 8.35 Å². The molecule has 0 heterocycles. The normalized spacial score (nSPS) is 15.0. The molecule has 31 valence electrons. The van der Waals surface area contributed by atoms with Gasteiger partial charge in [-0.05, 0) is 6.92 Å². The second kappa shape index (κ2) is 3.64. The molecule has 0 bridgehead atoms. The van der Waals surface area contributed by atoms with Crippen molar-refractivity contribution in [1.29, 1.82) is 0 Å². The van der Waals surface area contributed by atoms with Gasteiger partial charge in [-0.15, -0.1) is 0 Å². The summed E-state index contributed by atoms with van der Waals surface area (Å²) in [6, 6.07) is 0. The molecular weight excluding hydrogens is 290 g/mol. The summed E-state index contributed by atoms with van der Waals surface area (Å²) in [5.41, 5.74) is 0. The Bertz CT molecular complexity index is 18.9. The molecule has 0 amide bonds. The number of rotatable bonds is 1. The van der Waals surface area contributed by atoms with E-state index in [0.29, 0.717) is 3.92 Å². The van der Waals surface area contributed by atoms with Crippen LogP contribution >= 0.6 is 45.2 Å². The second-order valence-electron chi connectivity index (χ2n) is 0.752. The Kier molecular flexibility index (Phi) is 4.71. The molecule has 0 fully saturated rings. The van der Waals surface area contributed by atoms with Gasteiger partial charge in [0, 0.05) is 8.35 Å². The van der Waals surface area contributed by atoms with Gasteiger partial charge in [-0.2, -0.15) is 0 Å². The lowest BCUT2D eigenvalue weighted by Crippen LogP contribution is -1.86. The third kappa shape index (κ3) is 5.46. The van der Waals surface area contributed by atoms with E-state index in [1.165, 1.54) is 0 Å². The first-order chi connectivity index (χ1) is 2.27. The standard InChI is InChI=1S/C3H5I2/c1-3(5)2-4/h3H,1-2H2. The summed E-state index contributed by atoms with van der Waals surface area (Å²) in [5, 5.41) is 0. The van der Waals surface area contributed by atoms with Gasteiger partial charge in [-0.25, -0.2) is 0 Å². The molecule has 0 aromatic carbocycles. The molecule has 0 spiro atoms. The van der Waals surface area contributed by atoms with Gasteiger partial charge in [0.25, 0.3) is 0 Å². The quantitative estimate of drug-likeness (QED) is 0.513. The minimum atomic E-state index is 0.591. The summed E-state index contributed by atoms with van der Waals surface area (Å²) in [6.07, 6.45) is 0. The van der Waals surface area contributed by atoms with E-state index < -0.39 is 0 Å². The van der Waals surface area contributed by atoms with E-state index in [4.69, 9.17) is 0 Å². The Morgan fingerprint density at radius 2 is 2.00 bits per heavy atom. The SMILES string of the molecule is [CH2]C(I)CI. The third-order valence-corrected chi connectivity index (χ3v) is 3.36. The molecule has 0 saturated carbocycles. The molecule has 0 aliphatic carbocycles. The maximum Gasteiger partial charge on any atom is 0.0200 e. The fraction of sp³-hybridized carbons (Fsp3) is 0.667. The molecule has 0 nitrogen and oxygen atoms in total. The van der Waals surface area contributed by atoms with Crippen molar-refractivity contribution in [3.8, 4) is 0 Å².